The molecule has 0 aliphatic heterocycles. The van der Waals surface area contributed by atoms with E-state index in [4.69, 9.17) is 0 Å². The van der Waals surface area contributed by atoms with Crippen molar-refractivity contribution in [3.8, 4) is 0 Å². The first-order valence-corrected chi connectivity index (χ1v) is 5.45. The Morgan fingerprint density at radius 3 is 2.31 bits per heavy atom. The van der Waals surface area contributed by atoms with E-state index in [9.17, 15) is 8.78 Å². The Labute approximate surface area is 79.7 Å². The minimum Gasteiger partial charge on any atom is -0.207 e. The van der Waals surface area contributed by atoms with Gasteiger partial charge in [-0.2, -0.15) is 0 Å². The molecule has 1 unspecified atom stereocenters. The summed E-state index contributed by atoms with van der Waals surface area (Å²) in [4.78, 5) is 0. The minimum atomic E-state index is -2.32. The second kappa shape index (κ2) is 4.39. The van der Waals surface area contributed by atoms with Gasteiger partial charge in [0.05, 0.1) is 0 Å². The van der Waals surface area contributed by atoms with Crippen molar-refractivity contribution < 1.29 is 8.78 Å². The molecule has 1 aliphatic carbocycles. The fourth-order valence-electron chi connectivity index (χ4n) is 2.32. The summed E-state index contributed by atoms with van der Waals surface area (Å²) in [5.41, 5.74) is 0. The van der Waals surface area contributed by atoms with Gasteiger partial charge >= 0.3 is 0 Å². The predicted molar refractivity (Wildman–Crippen MR) is 51.0 cm³/mol. The van der Waals surface area contributed by atoms with Crippen LogP contribution in [0.3, 0.4) is 0 Å². The highest BCUT2D eigenvalue weighted by Crippen LogP contribution is 2.45. The van der Waals surface area contributed by atoms with Gasteiger partial charge in [-0.15, -0.1) is 0 Å². The zero-order chi connectivity index (χ0) is 9.90. The van der Waals surface area contributed by atoms with Crippen molar-refractivity contribution in [3.63, 3.8) is 0 Å². The van der Waals surface area contributed by atoms with E-state index >= 15 is 0 Å². The van der Waals surface area contributed by atoms with Crippen molar-refractivity contribution in [1.29, 1.82) is 0 Å². The first-order valence-electron chi connectivity index (χ1n) is 5.45. The number of rotatable bonds is 5. The number of hydrogen-bond donors (Lipinski definition) is 0. The van der Waals surface area contributed by atoms with Gasteiger partial charge in [-0.1, -0.05) is 33.1 Å². The van der Waals surface area contributed by atoms with Crippen LogP contribution in [0.1, 0.15) is 52.4 Å². The molecule has 2 heteroatoms. The Kier molecular flexibility index (Phi) is 3.69. The van der Waals surface area contributed by atoms with E-state index in [1.807, 2.05) is 0 Å². The molecule has 0 radical (unpaired) electrons. The quantitative estimate of drug-likeness (QED) is 0.608. The molecule has 13 heavy (non-hydrogen) atoms. The third kappa shape index (κ3) is 3.24. The fourth-order valence-corrected chi connectivity index (χ4v) is 2.32. The van der Waals surface area contributed by atoms with Crippen LogP contribution in [0.2, 0.25) is 0 Å². The largest absolute Gasteiger partial charge is 0.248 e. The van der Waals surface area contributed by atoms with Crippen molar-refractivity contribution in [1.82, 2.24) is 0 Å². The molecule has 78 valence electrons. The SMILES string of the molecule is CCCC(CC)CC1CC(F)(F)C1. The molecule has 0 nitrogen and oxygen atoms in total. The summed E-state index contributed by atoms with van der Waals surface area (Å²) >= 11 is 0. The van der Waals surface area contributed by atoms with Gasteiger partial charge < -0.3 is 0 Å². The molecular weight excluding hydrogens is 170 g/mol. The van der Waals surface area contributed by atoms with Gasteiger partial charge in [-0.3, -0.25) is 0 Å². The van der Waals surface area contributed by atoms with Crippen LogP contribution >= 0.6 is 0 Å². The Morgan fingerprint density at radius 2 is 1.92 bits per heavy atom. The zero-order valence-corrected chi connectivity index (χ0v) is 8.65. The van der Waals surface area contributed by atoms with Crippen LogP contribution < -0.4 is 0 Å². The second-order valence-electron chi connectivity index (χ2n) is 4.43. The lowest BCUT2D eigenvalue weighted by Crippen LogP contribution is -2.36. The van der Waals surface area contributed by atoms with Gasteiger partial charge in [0.15, 0.2) is 0 Å². The number of alkyl halides is 2. The molecule has 1 aliphatic rings. The third-order valence-electron chi connectivity index (χ3n) is 3.12. The lowest BCUT2D eigenvalue weighted by atomic mass is 9.74. The van der Waals surface area contributed by atoms with Gasteiger partial charge in [-0.05, 0) is 18.3 Å². The average molecular weight is 190 g/mol. The average Bonchev–Trinajstić information content (AvgIpc) is 2.00. The molecule has 0 aromatic carbocycles. The molecule has 0 aromatic rings. The van der Waals surface area contributed by atoms with Gasteiger partial charge in [0.1, 0.15) is 0 Å². The van der Waals surface area contributed by atoms with Crippen LogP contribution in [-0.2, 0) is 0 Å². The van der Waals surface area contributed by atoms with E-state index in [0.29, 0.717) is 11.8 Å². The summed E-state index contributed by atoms with van der Waals surface area (Å²) in [5.74, 6) is -1.33. The molecule has 0 spiro atoms. The molecule has 1 atom stereocenters. The Morgan fingerprint density at radius 1 is 1.31 bits per heavy atom. The van der Waals surface area contributed by atoms with Gasteiger partial charge in [0.2, 0.25) is 5.92 Å². The van der Waals surface area contributed by atoms with Crippen molar-refractivity contribution in [3.05, 3.63) is 0 Å². The molecule has 1 rings (SSSR count). The number of hydrogen-bond acceptors (Lipinski definition) is 0. The highest BCUT2D eigenvalue weighted by atomic mass is 19.3. The fraction of sp³-hybridized carbons (Fsp3) is 1.00. The first kappa shape index (κ1) is 10.9. The summed E-state index contributed by atoms with van der Waals surface area (Å²) in [6, 6.07) is 0. The van der Waals surface area contributed by atoms with E-state index in [0.717, 1.165) is 12.8 Å². The van der Waals surface area contributed by atoms with Crippen LogP contribution in [0, 0.1) is 11.8 Å². The van der Waals surface area contributed by atoms with Gasteiger partial charge in [0.25, 0.3) is 0 Å². The highest BCUT2D eigenvalue weighted by Gasteiger charge is 2.45. The molecule has 0 amide bonds. The van der Waals surface area contributed by atoms with E-state index in [1.165, 1.54) is 12.8 Å². The molecule has 0 saturated heterocycles. The van der Waals surface area contributed by atoms with Crippen LogP contribution in [0.5, 0.6) is 0 Å². The summed E-state index contributed by atoms with van der Waals surface area (Å²) < 4.78 is 25.1. The smallest absolute Gasteiger partial charge is 0.207 e. The van der Waals surface area contributed by atoms with Crippen molar-refractivity contribution in [2.45, 2.75) is 58.3 Å². The van der Waals surface area contributed by atoms with Crippen LogP contribution in [0.25, 0.3) is 0 Å². The molecule has 0 heterocycles. The lowest BCUT2D eigenvalue weighted by molar-refractivity contribution is -0.115. The summed E-state index contributed by atoms with van der Waals surface area (Å²) in [6.45, 7) is 4.33. The van der Waals surface area contributed by atoms with E-state index < -0.39 is 5.92 Å². The lowest BCUT2D eigenvalue weighted by Gasteiger charge is -2.36. The minimum absolute atomic E-state index is 0.146. The van der Waals surface area contributed by atoms with Crippen molar-refractivity contribution >= 4 is 0 Å². The van der Waals surface area contributed by atoms with Crippen LogP contribution in [0.15, 0.2) is 0 Å². The topological polar surface area (TPSA) is 0 Å². The van der Waals surface area contributed by atoms with Crippen LogP contribution in [0.4, 0.5) is 8.78 Å². The third-order valence-corrected chi connectivity index (χ3v) is 3.12. The van der Waals surface area contributed by atoms with Crippen molar-refractivity contribution in [2.24, 2.45) is 11.8 Å². The maximum Gasteiger partial charge on any atom is 0.248 e. The monoisotopic (exact) mass is 190 g/mol. The Hall–Kier alpha value is -0.140. The summed E-state index contributed by atoms with van der Waals surface area (Å²) in [7, 11) is 0. The van der Waals surface area contributed by atoms with Crippen molar-refractivity contribution in [2.75, 3.05) is 0 Å². The zero-order valence-electron chi connectivity index (χ0n) is 8.65. The standard InChI is InChI=1S/C11H20F2/c1-3-5-9(4-2)6-10-7-11(12,13)8-10/h9-10H,3-8H2,1-2H3. The molecule has 0 N–H and O–H groups in total. The van der Waals surface area contributed by atoms with Gasteiger partial charge in [-0.25, -0.2) is 8.78 Å². The predicted octanol–water partition coefficient (Wildman–Crippen LogP) is 4.25. The molecular formula is C11H20F2. The Balaban J connectivity index is 2.17. The summed E-state index contributed by atoms with van der Waals surface area (Å²) in [6.07, 6.45) is 4.86. The normalized spacial score (nSPS) is 24.0. The maximum atomic E-state index is 12.5. The molecule has 1 saturated carbocycles. The number of halogens is 2. The van der Waals surface area contributed by atoms with E-state index in [-0.39, 0.29) is 12.8 Å². The summed E-state index contributed by atoms with van der Waals surface area (Å²) in [5, 5.41) is 0. The molecule has 0 bridgehead atoms. The van der Waals surface area contributed by atoms with E-state index in [1.54, 1.807) is 0 Å². The van der Waals surface area contributed by atoms with Crippen LogP contribution in [-0.4, -0.2) is 5.92 Å². The first-order chi connectivity index (χ1) is 6.07. The maximum absolute atomic E-state index is 12.5. The highest BCUT2D eigenvalue weighted by molar-refractivity contribution is 4.87. The van der Waals surface area contributed by atoms with E-state index in [2.05, 4.69) is 13.8 Å². The molecule has 1 fully saturated rings. The molecule has 0 aromatic heterocycles. The second-order valence-corrected chi connectivity index (χ2v) is 4.43. The van der Waals surface area contributed by atoms with Gasteiger partial charge in [0, 0.05) is 12.8 Å². The Bertz CT molecular complexity index is 146.